The van der Waals surface area contributed by atoms with Crippen LogP contribution in [0.5, 0.6) is 5.88 Å². The van der Waals surface area contributed by atoms with E-state index in [0.29, 0.717) is 21.7 Å². The van der Waals surface area contributed by atoms with Crippen LogP contribution in [0.3, 0.4) is 0 Å². The first-order valence-electron chi connectivity index (χ1n) is 3.94. The zero-order valence-corrected chi connectivity index (χ0v) is 10.3. The van der Waals surface area contributed by atoms with Crippen molar-refractivity contribution in [1.82, 2.24) is 3.96 Å². The maximum atomic E-state index is 11.5. The number of thiocarbonyl (C=S) groups is 1. The highest BCUT2D eigenvalue weighted by molar-refractivity contribution is 8.03. The van der Waals surface area contributed by atoms with Gasteiger partial charge in [0.25, 0.3) is 23.7 Å². The van der Waals surface area contributed by atoms with E-state index in [-0.39, 0.29) is 5.88 Å². The molecule has 0 radical (unpaired) electrons. The Bertz CT molecular complexity index is 521. The molecule has 16 heavy (non-hydrogen) atoms. The molecule has 0 bridgehead atoms. The Morgan fingerprint density at radius 3 is 3.00 bits per heavy atom. The predicted molar refractivity (Wildman–Crippen MR) is 62.7 cm³/mol. The normalized spacial score (nSPS) is 9.12. The molecule has 0 spiro atoms. The second-order valence-electron chi connectivity index (χ2n) is 2.40. The Kier molecular flexibility index (Phi) is 4.92. The van der Waals surface area contributed by atoms with Gasteiger partial charge in [-0.1, -0.05) is 3.96 Å². The van der Waals surface area contributed by atoms with Crippen LogP contribution in [0.15, 0.2) is 0 Å². The van der Waals surface area contributed by atoms with Gasteiger partial charge in [0, 0.05) is 12.2 Å². The lowest BCUT2D eigenvalue weighted by molar-refractivity contribution is -0.425. The average Bonchev–Trinajstić information content (AvgIpc) is 2.57. The predicted octanol–water partition coefficient (Wildman–Crippen LogP) is 0.886. The number of thiocyanates is 1. The lowest BCUT2D eigenvalue weighted by Gasteiger charge is -1.91. The minimum atomic E-state index is 0.121. The quantitative estimate of drug-likeness (QED) is 0.343. The lowest BCUT2D eigenvalue weighted by Crippen LogP contribution is -2.14. The highest BCUT2D eigenvalue weighted by atomic mass is 32.2. The minimum absolute atomic E-state index is 0.121. The van der Waals surface area contributed by atoms with Gasteiger partial charge < -0.3 is 4.74 Å². The SMILES string of the molecule is N#COc1c(CCSC#N)[n+](=O)sn1C=S. The van der Waals surface area contributed by atoms with E-state index < -0.39 is 0 Å². The van der Waals surface area contributed by atoms with Crippen LogP contribution in [0.1, 0.15) is 5.69 Å². The van der Waals surface area contributed by atoms with E-state index >= 15 is 0 Å². The number of hydrogen-bond acceptors (Lipinski definition) is 7. The van der Waals surface area contributed by atoms with E-state index in [2.05, 4.69) is 17.0 Å². The molecule has 0 aliphatic heterocycles. The van der Waals surface area contributed by atoms with Crippen LogP contribution in [0.4, 0.5) is 0 Å². The van der Waals surface area contributed by atoms with E-state index in [0.717, 1.165) is 23.5 Å². The number of nitrogens with zero attached hydrogens (tertiary/aromatic N) is 4. The maximum absolute atomic E-state index is 11.5. The summed E-state index contributed by atoms with van der Waals surface area (Å²) in [4.78, 5) is 11.5. The summed E-state index contributed by atoms with van der Waals surface area (Å²) < 4.78 is 6.59. The molecule has 0 aromatic carbocycles. The van der Waals surface area contributed by atoms with Gasteiger partial charge in [-0.3, -0.25) is 0 Å². The number of nitriles is 2. The van der Waals surface area contributed by atoms with Crippen molar-refractivity contribution < 1.29 is 8.55 Å². The molecule has 9 heteroatoms. The van der Waals surface area contributed by atoms with Gasteiger partial charge in [0.15, 0.2) is 5.49 Å². The van der Waals surface area contributed by atoms with Crippen molar-refractivity contribution in [3.05, 3.63) is 10.6 Å². The monoisotopic (exact) mass is 273 g/mol. The summed E-state index contributed by atoms with van der Waals surface area (Å²) in [6.45, 7) is 0. The smallest absolute Gasteiger partial charge is 0.343 e. The summed E-state index contributed by atoms with van der Waals surface area (Å²) in [7, 11) is 0. The van der Waals surface area contributed by atoms with Crippen LogP contribution < -0.4 is 8.55 Å². The Labute approximate surface area is 105 Å². The van der Waals surface area contributed by atoms with Crippen molar-refractivity contribution in [3.8, 4) is 17.5 Å². The summed E-state index contributed by atoms with van der Waals surface area (Å²) in [5.74, 6) is 0.574. The molecular weight excluding hydrogens is 268 g/mol. The summed E-state index contributed by atoms with van der Waals surface area (Å²) in [5.41, 5.74) is 1.52. The van der Waals surface area contributed by atoms with E-state index in [9.17, 15) is 4.91 Å². The molecular formula is C7H5N4O2S3+. The minimum Gasteiger partial charge on any atom is -0.343 e. The first-order valence-corrected chi connectivity index (χ1v) is 6.13. The molecule has 1 rings (SSSR count). The van der Waals surface area contributed by atoms with Gasteiger partial charge in [-0.15, -0.1) is 5.26 Å². The van der Waals surface area contributed by atoms with E-state index in [1.165, 1.54) is 15.7 Å². The molecule has 1 heterocycles. The third kappa shape index (κ3) is 2.79. The fourth-order valence-electron chi connectivity index (χ4n) is 0.977. The molecule has 0 aliphatic rings. The van der Waals surface area contributed by atoms with Gasteiger partial charge in [0.05, 0.1) is 3.82 Å². The van der Waals surface area contributed by atoms with Crippen molar-refractivity contribution in [2.45, 2.75) is 6.42 Å². The second-order valence-corrected chi connectivity index (χ2v) is 4.38. The zero-order valence-electron chi connectivity index (χ0n) is 7.82. The highest BCUT2D eigenvalue weighted by Crippen LogP contribution is 2.18. The summed E-state index contributed by atoms with van der Waals surface area (Å²) in [6.07, 6.45) is 1.84. The molecule has 1 aromatic heterocycles. The number of aromatic nitrogens is 2. The third-order valence-electron chi connectivity index (χ3n) is 1.57. The molecule has 0 aliphatic carbocycles. The van der Waals surface area contributed by atoms with E-state index in [4.69, 9.17) is 10.5 Å². The van der Waals surface area contributed by atoms with Gasteiger partial charge in [-0.2, -0.15) is 5.26 Å². The molecule has 1 aromatic rings. The Morgan fingerprint density at radius 1 is 1.69 bits per heavy atom. The van der Waals surface area contributed by atoms with Crippen molar-refractivity contribution >= 4 is 41.2 Å². The van der Waals surface area contributed by atoms with Crippen molar-refractivity contribution in [1.29, 1.82) is 10.5 Å². The van der Waals surface area contributed by atoms with Crippen LogP contribution >= 0.6 is 35.7 Å². The zero-order chi connectivity index (χ0) is 12.0. The number of thioether (sulfide) groups is 1. The molecule has 0 N–H and O–H groups in total. The number of ether oxygens (including phenoxy) is 1. The first-order chi connectivity index (χ1) is 7.74. The number of rotatable bonds is 5. The molecule has 0 atom stereocenters. The fraction of sp³-hybridized carbons (Fsp3) is 0.286. The van der Waals surface area contributed by atoms with Gasteiger partial charge in [-0.25, -0.2) is 0 Å². The fourth-order valence-corrected chi connectivity index (χ4v) is 2.26. The molecule has 0 saturated carbocycles. The van der Waals surface area contributed by atoms with Crippen LogP contribution in [0, 0.1) is 27.1 Å². The Morgan fingerprint density at radius 2 is 2.44 bits per heavy atom. The standard InChI is InChI=1S/C7H5N4O2S3/c8-3-13-7-6(1-2-15-4-9)11(12)16-10(7)5-14/h5H,1-2H2/q+1. The van der Waals surface area contributed by atoms with Gasteiger partial charge in [-0.05, 0) is 28.9 Å². The lowest BCUT2D eigenvalue weighted by atomic mass is 10.3. The van der Waals surface area contributed by atoms with Crippen molar-refractivity contribution in [2.24, 2.45) is 0 Å². The topological polar surface area (TPSA) is 84.7 Å². The Hall–Kier alpha value is -1.42. The molecule has 0 unspecified atom stereocenters. The third-order valence-corrected chi connectivity index (χ3v) is 3.27. The van der Waals surface area contributed by atoms with Gasteiger partial charge in [0.2, 0.25) is 0 Å². The van der Waals surface area contributed by atoms with Crippen LogP contribution in [-0.2, 0) is 6.42 Å². The Balaban J connectivity index is 3.02. The largest absolute Gasteiger partial charge is 0.366 e. The van der Waals surface area contributed by atoms with Crippen LogP contribution in [0.2, 0.25) is 0 Å². The van der Waals surface area contributed by atoms with Crippen LogP contribution in [0.25, 0.3) is 0 Å². The maximum Gasteiger partial charge on any atom is 0.366 e. The van der Waals surface area contributed by atoms with E-state index in [1.54, 1.807) is 0 Å². The molecule has 6 nitrogen and oxygen atoms in total. The van der Waals surface area contributed by atoms with Crippen molar-refractivity contribution in [2.75, 3.05) is 5.75 Å². The number of hydrogen-bond donors (Lipinski definition) is 0. The summed E-state index contributed by atoms with van der Waals surface area (Å²) in [6, 6.07) is 0. The van der Waals surface area contributed by atoms with Crippen molar-refractivity contribution in [3.63, 3.8) is 0 Å². The van der Waals surface area contributed by atoms with E-state index in [1.807, 2.05) is 5.40 Å². The summed E-state index contributed by atoms with van der Waals surface area (Å²) in [5, 5.41) is 18.7. The molecule has 0 saturated heterocycles. The highest BCUT2D eigenvalue weighted by Gasteiger charge is 2.25. The molecule has 0 amide bonds. The molecule has 0 fully saturated rings. The summed E-state index contributed by atoms with van der Waals surface area (Å²) >= 11 is 6.50. The molecule has 82 valence electrons. The van der Waals surface area contributed by atoms with Crippen LogP contribution in [-0.4, -0.2) is 15.2 Å². The van der Waals surface area contributed by atoms with Gasteiger partial charge in [0.1, 0.15) is 5.40 Å². The van der Waals surface area contributed by atoms with Gasteiger partial charge >= 0.3 is 5.88 Å². The first kappa shape index (κ1) is 12.6. The average molecular weight is 273 g/mol. The second kappa shape index (κ2) is 6.23.